The third kappa shape index (κ3) is 4.20. The summed E-state index contributed by atoms with van der Waals surface area (Å²) in [6.45, 7) is 4.02. The zero-order chi connectivity index (χ0) is 27.1. The van der Waals surface area contributed by atoms with Crippen LogP contribution in [0.1, 0.15) is 11.4 Å². The second-order valence-corrected chi connectivity index (χ2v) is 10.0. The Balaban J connectivity index is 1.41. The molecule has 0 aliphatic carbocycles. The summed E-state index contributed by atoms with van der Waals surface area (Å²) in [6, 6.07) is 38.5. The molecule has 0 bridgehead atoms. The van der Waals surface area contributed by atoms with E-state index in [0.29, 0.717) is 0 Å². The Bertz CT molecular complexity index is 1920. The fraction of sp³-hybridized carbons (Fsp3) is 0.0556. The Hall–Kier alpha value is -5.22. The molecule has 0 amide bonds. The van der Waals surface area contributed by atoms with Crippen LogP contribution in [0.15, 0.2) is 122 Å². The van der Waals surface area contributed by atoms with Gasteiger partial charge in [0, 0.05) is 34.9 Å². The van der Waals surface area contributed by atoms with Crippen molar-refractivity contribution >= 4 is 21.5 Å². The zero-order valence-electron chi connectivity index (χ0n) is 22.3. The summed E-state index contributed by atoms with van der Waals surface area (Å²) >= 11 is 0. The molecule has 0 saturated carbocycles. The molecule has 4 nitrogen and oxygen atoms in total. The van der Waals surface area contributed by atoms with Crippen LogP contribution in [0.4, 0.5) is 0 Å². The number of fused-ring (bicyclic) bond motifs is 2. The maximum Gasteiger partial charge on any atom is 0.159 e. The second kappa shape index (κ2) is 9.83. The average molecular weight is 515 g/mol. The van der Waals surface area contributed by atoms with E-state index in [9.17, 15) is 0 Å². The van der Waals surface area contributed by atoms with Crippen molar-refractivity contribution in [1.82, 2.24) is 19.9 Å². The molecule has 7 aromatic rings. The Morgan fingerprint density at radius 3 is 1.20 bits per heavy atom. The van der Waals surface area contributed by atoms with Gasteiger partial charge in [0.1, 0.15) is 0 Å². The summed E-state index contributed by atoms with van der Waals surface area (Å²) in [7, 11) is 0. The van der Waals surface area contributed by atoms with E-state index >= 15 is 0 Å². The molecule has 2 heterocycles. The molecule has 0 unspecified atom stereocenters. The van der Waals surface area contributed by atoms with E-state index in [4.69, 9.17) is 0 Å². The van der Waals surface area contributed by atoms with E-state index in [-0.39, 0.29) is 0 Å². The van der Waals surface area contributed by atoms with Gasteiger partial charge in [0.15, 0.2) is 11.6 Å². The smallest absolute Gasteiger partial charge is 0.159 e. The largest absolute Gasteiger partial charge is 0.237 e. The SMILES string of the molecule is Cc1cc(C)nc(-c2ccc(-c3c4ccccc4c(-c4ccc(-c5ncccn5)cc4)c4ccccc34)cc2)n1. The van der Waals surface area contributed by atoms with Gasteiger partial charge in [-0.3, -0.25) is 0 Å². The standard InChI is InChI=1S/C36H26N4/c1-23-22-24(2)40-36(39-23)28-18-14-26(15-19-28)34-31-10-5-3-8-29(31)33(30-9-4-6-11-32(30)34)25-12-16-27(17-13-25)35-37-20-7-21-38-35/h3-22H,1-2H3. The minimum absolute atomic E-state index is 0.730. The van der Waals surface area contributed by atoms with Crippen LogP contribution < -0.4 is 0 Å². The van der Waals surface area contributed by atoms with Gasteiger partial charge in [-0.15, -0.1) is 0 Å². The average Bonchev–Trinajstić information content (AvgIpc) is 3.00. The zero-order valence-corrected chi connectivity index (χ0v) is 22.3. The topological polar surface area (TPSA) is 51.6 Å². The number of aryl methyl sites for hydroxylation is 2. The van der Waals surface area contributed by atoms with Crippen molar-refractivity contribution in [2.75, 3.05) is 0 Å². The third-order valence-electron chi connectivity index (χ3n) is 7.34. The lowest BCUT2D eigenvalue weighted by atomic mass is 9.85. The molecular weight excluding hydrogens is 488 g/mol. The van der Waals surface area contributed by atoms with Gasteiger partial charge in [-0.05, 0) is 69.8 Å². The first-order valence-corrected chi connectivity index (χ1v) is 13.4. The summed E-state index contributed by atoms with van der Waals surface area (Å²) in [6.07, 6.45) is 3.55. The van der Waals surface area contributed by atoms with Crippen LogP contribution in [0.2, 0.25) is 0 Å². The lowest BCUT2D eigenvalue weighted by Crippen LogP contribution is -1.94. The van der Waals surface area contributed by atoms with Crippen LogP contribution in [-0.4, -0.2) is 19.9 Å². The number of hydrogen-bond acceptors (Lipinski definition) is 4. The summed E-state index contributed by atoms with van der Waals surface area (Å²) in [5, 5.41) is 4.90. The van der Waals surface area contributed by atoms with E-state index in [1.807, 2.05) is 26.0 Å². The summed E-state index contributed by atoms with van der Waals surface area (Å²) in [5.41, 5.74) is 8.77. The third-order valence-corrected chi connectivity index (χ3v) is 7.34. The molecule has 0 aliphatic rings. The molecule has 0 radical (unpaired) electrons. The van der Waals surface area contributed by atoms with Gasteiger partial charge in [0.25, 0.3) is 0 Å². The highest BCUT2D eigenvalue weighted by Gasteiger charge is 2.17. The number of benzene rings is 5. The van der Waals surface area contributed by atoms with Gasteiger partial charge in [-0.2, -0.15) is 0 Å². The van der Waals surface area contributed by atoms with Gasteiger partial charge >= 0.3 is 0 Å². The summed E-state index contributed by atoms with van der Waals surface area (Å²) in [5.74, 6) is 1.49. The predicted molar refractivity (Wildman–Crippen MR) is 164 cm³/mol. The normalized spacial score (nSPS) is 11.2. The molecule has 2 aromatic heterocycles. The van der Waals surface area contributed by atoms with E-state index in [1.54, 1.807) is 12.4 Å². The number of rotatable bonds is 4. The molecule has 0 aliphatic heterocycles. The number of nitrogens with zero attached hydrogens (tertiary/aromatic N) is 4. The highest BCUT2D eigenvalue weighted by molar-refractivity contribution is 6.21. The Morgan fingerprint density at radius 1 is 0.400 bits per heavy atom. The highest BCUT2D eigenvalue weighted by atomic mass is 14.9. The molecule has 4 heteroatoms. The summed E-state index contributed by atoms with van der Waals surface area (Å²) < 4.78 is 0. The van der Waals surface area contributed by atoms with Crippen molar-refractivity contribution in [2.45, 2.75) is 13.8 Å². The quantitative estimate of drug-likeness (QED) is 0.220. The molecule has 0 N–H and O–H groups in total. The molecule has 0 atom stereocenters. The molecule has 0 saturated heterocycles. The Kier molecular flexibility index (Phi) is 5.86. The van der Waals surface area contributed by atoms with Gasteiger partial charge < -0.3 is 0 Å². The van der Waals surface area contributed by atoms with Crippen molar-refractivity contribution in [1.29, 1.82) is 0 Å². The Morgan fingerprint density at radius 2 is 0.775 bits per heavy atom. The first-order valence-electron chi connectivity index (χ1n) is 13.4. The monoisotopic (exact) mass is 514 g/mol. The van der Waals surface area contributed by atoms with Crippen molar-refractivity contribution in [2.24, 2.45) is 0 Å². The fourth-order valence-electron chi connectivity index (χ4n) is 5.63. The molecule has 7 rings (SSSR count). The van der Waals surface area contributed by atoms with Crippen LogP contribution in [0.3, 0.4) is 0 Å². The molecule has 0 fully saturated rings. The van der Waals surface area contributed by atoms with Gasteiger partial charge in [-0.1, -0.05) is 97.1 Å². The number of aromatic nitrogens is 4. The first-order chi connectivity index (χ1) is 19.7. The first kappa shape index (κ1) is 23.9. The van der Waals surface area contributed by atoms with Crippen LogP contribution in [0.25, 0.3) is 66.6 Å². The molecule has 40 heavy (non-hydrogen) atoms. The lowest BCUT2D eigenvalue weighted by molar-refractivity contribution is 1.06. The fourth-order valence-corrected chi connectivity index (χ4v) is 5.63. The van der Waals surface area contributed by atoms with Crippen LogP contribution in [0.5, 0.6) is 0 Å². The van der Waals surface area contributed by atoms with Crippen LogP contribution >= 0.6 is 0 Å². The minimum atomic E-state index is 0.730. The minimum Gasteiger partial charge on any atom is -0.237 e. The second-order valence-electron chi connectivity index (χ2n) is 10.0. The van der Waals surface area contributed by atoms with E-state index in [0.717, 1.165) is 34.2 Å². The van der Waals surface area contributed by atoms with Gasteiger partial charge in [-0.25, -0.2) is 19.9 Å². The maximum absolute atomic E-state index is 4.66. The molecule has 0 spiro atoms. The van der Waals surface area contributed by atoms with Gasteiger partial charge in [0.2, 0.25) is 0 Å². The van der Waals surface area contributed by atoms with E-state index in [2.05, 4.69) is 117 Å². The number of hydrogen-bond donors (Lipinski definition) is 0. The van der Waals surface area contributed by atoms with Gasteiger partial charge in [0.05, 0.1) is 0 Å². The highest BCUT2D eigenvalue weighted by Crippen LogP contribution is 2.43. The van der Waals surface area contributed by atoms with Crippen molar-refractivity contribution in [3.8, 4) is 45.0 Å². The van der Waals surface area contributed by atoms with E-state index in [1.165, 1.54) is 43.8 Å². The summed E-state index contributed by atoms with van der Waals surface area (Å²) in [4.78, 5) is 18.1. The molecular formula is C36H26N4. The predicted octanol–water partition coefficient (Wildman–Crippen LogP) is 8.86. The lowest BCUT2D eigenvalue weighted by Gasteiger charge is -2.18. The van der Waals surface area contributed by atoms with Crippen LogP contribution in [0, 0.1) is 13.8 Å². The maximum atomic E-state index is 4.66. The van der Waals surface area contributed by atoms with Crippen molar-refractivity contribution in [3.63, 3.8) is 0 Å². The molecule has 190 valence electrons. The molecule has 5 aromatic carbocycles. The van der Waals surface area contributed by atoms with Crippen molar-refractivity contribution in [3.05, 3.63) is 133 Å². The van der Waals surface area contributed by atoms with E-state index < -0.39 is 0 Å². The van der Waals surface area contributed by atoms with Crippen LogP contribution in [-0.2, 0) is 0 Å². The van der Waals surface area contributed by atoms with Crippen molar-refractivity contribution < 1.29 is 0 Å². The Labute approximate surface area is 233 Å².